The molecule has 1 aliphatic carbocycles. The quantitative estimate of drug-likeness (QED) is 0.386. The van der Waals surface area contributed by atoms with Crippen molar-refractivity contribution < 1.29 is 0 Å². The first-order valence-electron chi connectivity index (χ1n) is 12.7. The van der Waals surface area contributed by atoms with E-state index in [0.29, 0.717) is 5.92 Å². The van der Waals surface area contributed by atoms with Crippen molar-refractivity contribution >= 4 is 11.4 Å². The van der Waals surface area contributed by atoms with Gasteiger partial charge in [0.2, 0.25) is 0 Å². The van der Waals surface area contributed by atoms with Gasteiger partial charge in [0.05, 0.1) is 5.69 Å². The largest absolute Gasteiger partial charge is 0.362 e. The van der Waals surface area contributed by atoms with Crippen LogP contribution in [-0.2, 0) is 0 Å². The molecule has 0 aromatic carbocycles. The van der Waals surface area contributed by atoms with Gasteiger partial charge in [-0.3, -0.25) is 0 Å². The van der Waals surface area contributed by atoms with Crippen molar-refractivity contribution in [2.45, 2.75) is 72.6 Å². The van der Waals surface area contributed by atoms with Crippen molar-refractivity contribution in [1.29, 1.82) is 0 Å². The Kier molecular flexibility index (Phi) is 9.41. The van der Waals surface area contributed by atoms with Crippen LogP contribution in [-0.4, -0.2) is 27.8 Å². The van der Waals surface area contributed by atoms with Crippen molar-refractivity contribution in [2.75, 3.05) is 13.1 Å². The smallest absolute Gasteiger partial charge is 0.130 e. The molecular weight excluding hydrogens is 404 g/mol. The monoisotopic (exact) mass is 446 g/mol. The maximum Gasteiger partial charge on any atom is 0.130 e. The number of aryl methyl sites for hydroxylation is 1. The zero-order valence-corrected chi connectivity index (χ0v) is 21.1. The lowest BCUT2D eigenvalue weighted by Crippen LogP contribution is -2.31. The Morgan fingerprint density at radius 3 is 2.73 bits per heavy atom. The van der Waals surface area contributed by atoms with Crippen molar-refractivity contribution in [3.8, 4) is 0 Å². The summed E-state index contributed by atoms with van der Waals surface area (Å²) in [6, 6.07) is 2.23. The number of rotatable bonds is 10. The van der Waals surface area contributed by atoms with Crippen LogP contribution >= 0.6 is 0 Å². The van der Waals surface area contributed by atoms with E-state index in [0.717, 1.165) is 55.9 Å². The summed E-state index contributed by atoms with van der Waals surface area (Å²) in [6.07, 6.45) is 23.2. The van der Waals surface area contributed by atoms with Gasteiger partial charge < -0.3 is 10.2 Å². The van der Waals surface area contributed by atoms with Crippen LogP contribution in [0.1, 0.15) is 77.1 Å². The van der Waals surface area contributed by atoms with Gasteiger partial charge in [-0.25, -0.2) is 4.68 Å². The summed E-state index contributed by atoms with van der Waals surface area (Å²) < 4.78 is 2.13. The summed E-state index contributed by atoms with van der Waals surface area (Å²) in [5, 5.41) is 8.52. The van der Waals surface area contributed by atoms with E-state index >= 15 is 0 Å². The van der Waals surface area contributed by atoms with Crippen molar-refractivity contribution in [2.24, 2.45) is 5.92 Å². The van der Waals surface area contributed by atoms with Gasteiger partial charge in [0.25, 0.3) is 0 Å². The number of hydrogen-bond donors (Lipinski definition) is 1. The summed E-state index contributed by atoms with van der Waals surface area (Å²) in [6.45, 7) is 15.1. The van der Waals surface area contributed by atoms with E-state index in [9.17, 15) is 0 Å². The van der Waals surface area contributed by atoms with Crippen molar-refractivity contribution in [1.82, 2.24) is 20.0 Å². The molecule has 1 saturated heterocycles. The minimum absolute atomic E-state index is 0.588. The van der Waals surface area contributed by atoms with Crippen LogP contribution in [0.25, 0.3) is 11.4 Å². The van der Waals surface area contributed by atoms with Gasteiger partial charge in [0.15, 0.2) is 0 Å². The zero-order chi connectivity index (χ0) is 23.6. The molecule has 1 fully saturated rings. The van der Waals surface area contributed by atoms with Crippen molar-refractivity contribution in [3.05, 3.63) is 78.0 Å². The first kappa shape index (κ1) is 24.9. The number of piperidine rings is 1. The second kappa shape index (κ2) is 12.5. The highest BCUT2D eigenvalue weighted by Gasteiger charge is 2.18. The molecule has 178 valence electrons. The third-order valence-electron chi connectivity index (χ3n) is 6.33. The van der Waals surface area contributed by atoms with E-state index in [-0.39, 0.29) is 0 Å². The molecule has 0 radical (unpaired) electrons. The Balaban J connectivity index is 1.88. The molecule has 0 spiro atoms. The Labute approximate surface area is 201 Å². The molecular formula is C29H42N4. The van der Waals surface area contributed by atoms with E-state index < -0.39 is 0 Å². The normalized spacial score (nSPS) is 19.8. The molecule has 1 N–H and O–H groups in total. The van der Waals surface area contributed by atoms with Gasteiger partial charge in [0, 0.05) is 30.7 Å². The molecule has 4 nitrogen and oxygen atoms in total. The van der Waals surface area contributed by atoms with Crippen LogP contribution in [0, 0.1) is 12.8 Å². The summed E-state index contributed by atoms with van der Waals surface area (Å²) in [7, 11) is 0. The average Bonchev–Trinajstić information content (AvgIpc) is 3.20. The van der Waals surface area contributed by atoms with E-state index in [1.165, 1.54) is 36.2 Å². The number of hydrogen-bond acceptors (Lipinski definition) is 3. The SMILES string of the molecule is C=C(/C=C(\CCC)c1cc(C)n(/C(=C\C=C/NC2=CC(C)CC=C2)N2CCCCC2)n1)CC. The molecule has 3 rings (SSSR count). The van der Waals surface area contributed by atoms with E-state index in [1.54, 1.807) is 0 Å². The molecule has 2 aliphatic rings. The molecule has 2 heterocycles. The van der Waals surface area contributed by atoms with Crippen molar-refractivity contribution in [3.63, 3.8) is 0 Å². The van der Waals surface area contributed by atoms with Gasteiger partial charge in [-0.05, 0) is 81.2 Å². The van der Waals surface area contributed by atoms with E-state index in [4.69, 9.17) is 5.10 Å². The molecule has 0 amide bonds. The van der Waals surface area contributed by atoms with Crippen LogP contribution in [0.4, 0.5) is 0 Å². The maximum absolute atomic E-state index is 5.09. The number of nitrogens with zero attached hydrogens (tertiary/aromatic N) is 3. The van der Waals surface area contributed by atoms with Crippen LogP contribution < -0.4 is 5.32 Å². The lowest BCUT2D eigenvalue weighted by Gasteiger charge is -2.31. The van der Waals surface area contributed by atoms with E-state index in [2.05, 4.69) is 91.7 Å². The highest BCUT2D eigenvalue weighted by atomic mass is 15.4. The average molecular weight is 447 g/mol. The number of allylic oxidation sites excluding steroid dienone is 8. The Hall–Kier alpha value is -2.75. The van der Waals surface area contributed by atoms with Crippen LogP contribution in [0.3, 0.4) is 0 Å². The van der Waals surface area contributed by atoms with Crippen LogP contribution in [0.2, 0.25) is 0 Å². The van der Waals surface area contributed by atoms with Gasteiger partial charge in [0.1, 0.15) is 5.82 Å². The Bertz CT molecular complexity index is 948. The predicted molar refractivity (Wildman–Crippen MR) is 142 cm³/mol. The fourth-order valence-electron chi connectivity index (χ4n) is 4.40. The Morgan fingerprint density at radius 1 is 1.24 bits per heavy atom. The third kappa shape index (κ3) is 7.12. The summed E-state index contributed by atoms with van der Waals surface area (Å²) in [5.41, 5.74) is 5.85. The summed E-state index contributed by atoms with van der Waals surface area (Å²) in [5.74, 6) is 1.74. The molecule has 0 bridgehead atoms. The molecule has 1 aliphatic heterocycles. The first-order valence-corrected chi connectivity index (χ1v) is 12.7. The highest BCUT2D eigenvalue weighted by molar-refractivity contribution is 5.66. The zero-order valence-electron chi connectivity index (χ0n) is 21.1. The topological polar surface area (TPSA) is 33.1 Å². The highest BCUT2D eigenvalue weighted by Crippen LogP contribution is 2.26. The number of aromatic nitrogens is 2. The molecule has 4 heteroatoms. The Morgan fingerprint density at radius 2 is 2.03 bits per heavy atom. The maximum atomic E-state index is 5.09. The fourth-order valence-corrected chi connectivity index (χ4v) is 4.40. The molecule has 1 atom stereocenters. The van der Waals surface area contributed by atoms with E-state index in [1.807, 2.05) is 6.20 Å². The first-order chi connectivity index (χ1) is 16.0. The van der Waals surface area contributed by atoms with Crippen LogP contribution in [0.15, 0.2) is 66.6 Å². The second-order valence-electron chi connectivity index (χ2n) is 9.33. The second-order valence-corrected chi connectivity index (χ2v) is 9.33. The lowest BCUT2D eigenvalue weighted by atomic mass is 10.0. The number of nitrogens with one attached hydrogen (secondary N) is 1. The summed E-state index contributed by atoms with van der Waals surface area (Å²) >= 11 is 0. The number of likely N-dealkylation sites (tertiary alicyclic amines) is 1. The summed E-state index contributed by atoms with van der Waals surface area (Å²) in [4.78, 5) is 2.48. The molecule has 1 aromatic heterocycles. The van der Waals surface area contributed by atoms with Gasteiger partial charge in [-0.2, -0.15) is 5.10 Å². The minimum atomic E-state index is 0.588. The molecule has 1 unspecified atom stereocenters. The van der Waals surface area contributed by atoms with Gasteiger partial charge >= 0.3 is 0 Å². The van der Waals surface area contributed by atoms with Gasteiger partial charge in [-0.1, -0.05) is 57.6 Å². The predicted octanol–water partition coefficient (Wildman–Crippen LogP) is 7.21. The lowest BCUT2D eigenvalue weighted by molar-refractivity contribution is 0.309. The standard InChI is InChI=1S/C29H42N4/c1-6-13-26(20-23(3)7-2)28-22-25(5)33(31-28)29(32-18-9-8-10-19-32)16-12-17-30-27-15-11-14-24(4)21-27/h11-12,15-17,20-22,24,30H,3,6-10,13-14,18-19H2,1-2,4-5H3/b17-12-,26-20+,29-16-. The fraction of sp³-hybridized carbons (Fsp3) is 0.483. The third-order valence-corrected chi connectivity index (χ3v) is 6.33. The van der Waals surface area contributed by atoms with Crippen LogP contribution in [0.5, 0.6) is 0 Å². The molecule has 33 heavy (non-hydrogen) atoms. The molecule has 0 saturated carbocycles. The molecule has 1 aromatic rings. The van der Waals surface area contributed by atoms with Gasteiger partial charge in [-0.15, -0.1) is 0 Å². The minimum Gasteiger partial charge on any atom is -0.362 e.